The van der Waals surface area contributed by atoms with Crippen molar-refractivity contribution in [2.24, 2.45) is 5.92 Å². The van der Waals surface area contributed by atoms with Crippen LogP contribution in [0, 0.1) is 5.92 Å². The van der Waals surface area contributed by atoms with Gasteiger partial charge < -0.3 is 4.74 Å². The zero-order valence-corrected chi connectivity index (χ0v) is 11.7. The number of hydrogen-bond donors (Lipinski definition) is 0. The number of benzene rings is 1. The van der Waals surface area contributed by atoms with Gasteiger partial charge in [-0.3, -0.25) is 0 Å². The fourth-order valence-electron chi connectivity index (χ4n) is 2.15. The van der Waals surface area contributed by atoms with Crippen LogP contribution in [0.4, 0.5) is 0 Å². The van der Waals surface area contributed by atoms with Gasteiger partial charge in [0.15, 0.2) is 0 Å². The van der Waals surface area contributed by atoms with Gasteiger partial charge in [0.25, 0.3) is 0 Å². The summed E-state index contributed by atoms with van der Waals surface area (Å²) in [6, 6.07) is 8.62. The first kappa shape index (κ1) is 11.6. The Morgan fingerprint density at radius 1 is 1.24 bits per heavy atom. The second kappa shape index (κ2) is 5.01. The van der Waals surface area contributed by atoms with Crippen molar-refractivity contribution in [2.75, 3.05) is 0 Å². The lowest BCUT2D eigenvalue weighted by Gasteiger charge is -2.09. The van der Waals surface area contributed by atoms with Crippen LogP contribution in [-0.4, -0.2) is 10.9 Å². The third-order valence-corrected chi connectivity index (χ3v) is 4.77. The fourth-order valence-corrected chi connectivity index (χ4v) is 2.91. The average molecular weight is 295 g/mol. The van der Waals surface area contributed by atoms with E-state index in [1.54, 1.807) is 0 Å². The van der Waals surface area contributed by atoms with Gasteiger partial charge in [-0.05, 0) is 62.1 Å². The standard InChI is InChI=1S/C15H19BrO/c16-15(12-5-6-12)9-4-11-2-1-3-14(10-11)17-13-7-8-13/h1-3,10,12-13,15H,4-9H2. The maximum atomic E-state index is 5.82. The topological polar surface area (TPSA) is 9.23 Å². The van der Waals surface area contributed by atoms with Crippen LogP contribution in [0.5, 0.6) is 5.75 Å². The molecule has 0 saturated heterocycles. The minimum absolute atomic E-state index is 0.501. The molecule has 2 aliphatic rings. The van der Waals surface area contributed by atoms with Crippen molar-refractivity contribution in [2.45, 2.75) is 49.5 Å². The van der Waals surface area contributed by atoms with Gasteiger partial charge in [-0.1, -0.05) is 28.1 Å². The summed E-state index contributed by atoms with van der Waals surface area (Å²) in [6.07, 6.45) is 8.21. The summed E-state index contributed by atoms with van der Waals surface area (Å²) in [6.45, 7) is 0. The molecule has 2 aliphatic carbocycles. The number of aryl methyl sites for hydroxylation is 1. The van der Waals surface area contributed by atoms with Crippen LogP contribution in [0.1, 0.15) is 37.7 Å². The second-order valence-electron chi connectivity index (χ2n) is 5.36. The van der Waals surface area contributed by atoms with Gasteiger partial charge in [0, 0.05) is 4.83 Å². The lowest BCUT2D eigenvalue weighted by atomic mass is 10.1. The van der Waals surface area contributed by atoms with Gasteiger partial charge in [0.05, 0.1) is 6.10 Å². The number of alkyl halides is 1. The van der Waals surface area contributed by atoms with Crippen LogP contribution in [-0.2, 0) is 6.42 Å². The van der Waals surface area contributed by atoms with E-state index >= 15 is 0 Å². The Morgan fingerprint density at radius 2 is 2.06 bits per heavy atom. The molecule has 1 aromatic carbocycles. The van der Waals surface area contributed by atoms with Crippen molar-refractivity contribution in [3.63, 3.8) is 0 Å². The largest absolute Gasteiger partial charge is 0.490 e. The zero-order valence-electron chi connectivity index (χ0n) is 10.1. The van der Waals surface area contributed by atoms with Gasteiger partial charge in [-0.15, -0.1) is 0 Å². The molecule has 17 heavy (non-hydrogen) atoms. The number of hydrogen-bond acceptors (Lipinski definition) is 1. The van der Waals surface area contributed by atoms with Crippen molar-refractivity contribution in [3.05, 3.63) is 29.8 Å². The van der Waals surface area contributed by atoms with E-state index in [0.717, 1.165) is 22.9 Å². The molecular weight excluding hydrogens is 276 g/mol. The summed E-state index contributed by atoms with van der Waals surface area (Å²) in [5.41, 5.74) is 1.41. The van der Waals surface area contributed by atoms with Crippen LogP contribution < -0.4 is 4.74 Å². The average Bonchev–Trinajstić information content (AvgIpc) is 3.17. The summed E-state index contributed by atoms with van der Waals surface area (Å²) < 4.78 is 5.82. The molecule has 1 aromatic rings. The predicted octanol–water partition coefficient (Wildman–Crippen LogP) is 4.33. The molecule has 1 atom stereocenters. The minimum Gasteiger partial charge on any atom is -0.490 e. The number of ether oxygens (including phenoxy) is 1. The summed E-state index contributed by atoms with van der Waals surface area (Å²) in [5.74, 6) is 2.00. The van der Waals surface area contributed by atoms with Gasteiger partial charge in [-0.2, -0.15) is 0 Å². The minimum atomic E-state index is 0.501. The van der Waals surface area contributed by atoms with Crippen molar-refractivity contribution in [1.82, 2.24) is 0 Å². The first-order chi connectivity index (χ1) is 8.31. The molecule has 0 bridgehead atoms. The molecular formula is C15H19BrO. The molecule has 2 saturated carbocycles. The highest BCUT2D eigenvalue weighted by molar-refractivity contribution is 9.09. The van der Waals surface area contributed by atoms with Crippen molar-refractivity contribution >= 4 is 15.9 Å². The molecule has 3 rings (SSSR count). The fraction of sp³-hybridized carbons (Fsp3) is 0.600. The smallest absolute Gasteiger partial charge is 0.119 e. The Morgan fingerprint density at radius 3 is 2.76 bits per heavy atom. The SMILES string of the molecule is BrC(CCc1cccc(OC2CC2)c1)C1CC1. The Kier molecular flexibility index (Phi) is 3.41. The van der Waals surface area contributed by atoms with E-state index in [0.29, 0.717) is 6.10 Å². The Balaban J connectivity index is 1.53. The number of halogens is 1. The van der Waals surface area contributed by atoms with E-state index in [1.807, 2.05) is 0 Å². The summed E-state index contributed by atoms with van der Waals surface area (Å²) >= 11 is 3.80. The van der Waals surface area contributed by atoms with E-state index in [1.165, 1.54) is 37.7 Å². The van der Waals surface area contributed by atoms with Crippen molar-refractivity contribution in [3.8, 4) is 5.75 Å². The van der Waals surface area contributed by atoms with E-state index in [-0.39, 0.29) is 0 Å². The molecule has 1 unspecified atom stereocenters. The van der Waals surface area contributed by atoms with E-state index in [9.17, 15) is 0 Å². The molecule has 92 valence electrons. The van der Waals surface area contributed by atoms with Crippen LogP contribution in [0.15, 0.2) is 24.3 Å². The van der Waals surface area contributed by atoms with Crippen LogP contribution in [0.25, 0.3) is 0 Å². The quantitative estimate of drug-likeness (QED) is 0.710. The van der Waals surface area contributed by atoms with Gasteiger partial charge in [-0.25, -0.2) is 0 Å². The molecule has 0 radical (unpaired) electrons. The third-order valence-electron chi connectivity index (χ3n) is 3.57. The lowest BCUT2D eigenvalue weighted by molar-refractivity contribution is 0.303. The Bertz CT molecular complexity index is 382. The molecule has 0 aromatic heterocycles. The maximum absolute atomic E-state index is 5.82. The third kappa shape index (κ3) is 3.48. The second-order valence-corrected chi connectivity index (χ2v) is 6.53. The predicted molar refractivity (Wildman–Crippen MR) is 73.9 cm³/mol. The van der Waals surface area contributed by atoms with Crippen LogP contribution in [0.2, 0.25) is 0 Å². The first-order valence-corrected chi connectivity index (χ1v) is 7.62. The summed E-state index contributed by atoms with van der Waals surface area (Å²) in [5, 5.41) is 0. The monoisotopic (exact) mass is 294 g/mol. The van der Waals surface area contributed by atoms with Crippen molar-refractivity contribution in [1.29, 1.82) is 0 Å². The highest BCUT2D eigenvalue weighted by Gasteiger charge is 2.28. The van der Waals surface area contributed by atoms with Crippen molar-refractivity contribution < 1.29 is 4.74 Å². The maximum Gasteiger partial charge on any atom is 0.119 e. The highest BCUT2D eigenvalue weighted by atomic mass is 79.9. The molecule has 0 aliphatic heterocycles. The lowest BCUT2D eigenvalue weighted by Crippen LogP contribution is -2.02. The molecule has 0 N–H and O–H groups in total. The first-order valence-electron chi connectivity index (χ1n) is 6.71. The van der Waals surface area contributed by atoms with Gasteiger partial charge in [0.1, 0.15) is 5.75 Å². The highest BCUT2D eigenvalue weighted by Crippen LogP contribution is 2.38. The summed E-state index contributed by atoms with van der Waals surface area (Å²) in [4.78, 5) is 0.718. The molecule has 2 fully saturated rings. The molecule has 0 amide bonds. The Hall–Kier alpha value is -0.500. The van der Waals surface area contributed by atoms with Crippen LogP contribution >= 0.6 is 15.9 Å². The van der Waals surface area contributed by atoms with E-state index in [2.05, 4.69) is 40.2 Å². The van der Waals surface area contributed by atoms with Crippen LogP contribution in [0.3, 0.4) is 0 Å². The molecule has 0 spiro atoms. The number of rotatable bonds is 6. The summed E-state index contributed by atoms with van der Waals surface area (Å²) in [7, 11) is 0. The molecule has 1 nitrogen and oxygen atoms in total. The molecule has 2 heteroatoms. The van der Waals surface area contributed by atoms with Gasteiger partial charge >= 0.3 is 0 Å². The Labute approximate surface area is 112 Å². The van der Waals surface area contributed by atoms with E-state index < -0.39 is 0 Å². The normalized spacial score (nSPS) is 21.2. The van der Waals surface area contributed by atoms with E-state index in [4.69, 9.17) is 4.74 Å². The zero-order chi connectivity index (χ0) is 11.7. The van der Waals surface area contributed by atoms with Gasteiger partial charge in [0.2, 0.25) is 0 Å². The molecule has 0 heterocycles.